The summed E-state index contributed by atoms with van der Waals surface area (Å²) in [4.78, 5) is 27.1. The average molecular weight is 333 g/mol. The van der Waals surface area contributed by atoms with E-state index >= 15 is 0 Å². The van der Waals surface area contributed by atoms with E-state index in [2.05, 4.69) is 22.3 Å². The van der Waals surface area contributed by atoms with Crippen molar-refractivity contribution in [1.82, 2.24) is 4.98 Å². The van der Waals surface area contributed by atoms with Crippen LogP contribution in [0.1, 0.15) is 24.8 Å². The Morgan fingerprint density at radius 1 is 1.45 bits per heavy atom. The van der Waals surface area contributed by atoms with E-state index < -0.39 is 28.8 Å². The van der Waals surface area contributed by atoms with Crippen molar-refractivity contribution in [3.63, 3.8) is 0 Å². The van der Waals surface area contributed by atoms with E-state index in [1.165, 1.54) is 6.20 Å². The highest BCUT2D eigenvalue weighted by Crippen LogP contribution is 2.45. The van der Waals surface area contributed by atoms with Gasteiger partial charge in [0.2, 0.25) is 0 Å². The van der Waals surface area contributed by atoms with Crippen LogP contribution in [0.25, 0.3) is 0 Å². The number of alkyl halides is 3. The Morgan fingerprint density at radius 2 is 2.18 bits per heavy atom. The van der Waals surface area contributed by atoms with E-state index in [-0.39, 0.29) is 6.42 Å². The highest BCUT2D eigenvalue weighted by atomic mass is 32.1. The third kappa shape index (κ3) is 3.43. The van der Waals surface area contributed by atoms with Gasteiger partial charge >= 0.3 is 18.1 Å². The Balaban J connectivity index is 2.23. The molecule has 8 heteroatoms. The zero-order chi connectivity index (χ0) is 16.4. The number of esters is 2. The van der Waals surface area contributed by atoms with E-state index in [0.29, 0.717) is 24.8 Å². The van der Waals surface area contributed by atoms with Gasteiger partial charge in [-0.1, -0.05) is 12.5 Å². The summed E-state index contributed by atoms with van der Waals surface area (Å²) in [6.07, 6.45) is -0.467. The molecule has 1 aliphatic carbocycles. The van der Waals surface area contributed by atoms with Crippen LogP contribution in [0.15, 0.2) is 24.5 Å². The van der Waals surface area contributed by atoms with E-state index in [9.17, 15) is 22.8 Å². The Bertz CT molecular complexity index is 564. The molecular formula is C14H14F3NO3S. The second kappa shape index (κ2) is 6.28. The van der Waals surface area contributed by atoms with Gasteiger partial charge in [0.25, 0.3) is 0 Å². The zero-order valence-corrected chi connectivity index (χ0v) is 12.4. The minimum atomic E-state index is -5.20. The Kier molecular flexibility index (Phi) is 4.79. The molecule has 2 rings (SSSR count). The summed E-state index contributed by atoms with van der Waals surface area (Å²) < 4.78 is 40.9. The molecule has 0 amide bonds. The molecule has 4 nitrogen and oxygen atoms in total. The topological polar surface area (TPSA) is 56.3 Å². The fourth-order valence-corrected chi connectivity index (χ4v) is 3.19. The van der Waals surface area contributed by atoms with Crippen molar-refractivity contribution in [2.45, 2.75) is 37.1 Å². The highest BCUT2D eigenvalue weighted by Gasteiger charge is 2.52. The molecular weight excluding hydrogens is 319 g/mol. The number of carbonyl (C=O) groups excluding carboxylic acids is 2. The second-order valence-corrected chi connectivity index (χ2v) is 5.90. The van der Waals surface area contributed by atoms with Crippen LogP contribution in [-0.4, -0.2) is 28.3 Å². The van der Waals surface area contributed by atoms with Crippen molar-refractivity contribution in [2.24, 2.45) is 5.41 Å². The molecule has 1 aromatic rings. The number of thiol groups is 1. The summed E-state index contributed by atoms with van der Waals surface area (Å²) in [6, 6.07) is 3.38. The molecule has 1 fully saturated rings. The monoisotopic (exact) mass is 333 g/mol. The normalized spacial score (nSPS) is 25.0. The fraction of sp³-hybridized carbons (Fsp3) is 0.500. The van der Waals surface area contributed by atoms with Gasteiger partial charge in [-0.2, -0.15) is 25.8 Å². The Labute approximate surface area is 130 Å². The first-order chi connectivity index (χ1) is 10.3. The SMILES string of the molecule is O=C(OC(=O)C1(Cc2cccnc2)CCCC1S)C(F)(F)F. The molecule has 1 heterocycles. The summed E-state index contributed by atoms with van der Waals surface area (Å²) in [5, 5.41) is -0.471. The number of halogens is 3. The lowest BCUT2D eigenvalue weighted by atomic mass is 9.80. The molecule has 0 saturated heterocycles. The molecule has 2 atom stereocenters. The van der Waals surface area contributed by atoms with Gasteiger partial charge in [0.15, 0.2) is 0 Å². The standard InChI is InChI=1S/C14H14F3NO3S/c15-14(16,17)12(20)21-11(19)13(5-1-4-10(13)22)7-9-3-2-6-18-8-9/h2-3,6,8,10,22H,1,4-5,7H2. The molecule has 2 unspecified atom stereocenters. The summed E-state index contributed by atoms with van der Waals surface area (Å²) in [6.45, 7) is 0. The lowest BCUT2D eigenvalue weighted by Gasteiger charge is -2.30. The number of nitrogens with zero attached hydrogens (tertiary/aromatic N) is 1. The maximum Gasteiger partial charge on any atom is 0.491 e. The first-order valence-electron chi connectivity index (χ1n) is 6.66. The van der Waals surface area contributed by atoms with Crippen LogP contribution >= 0.6 is 12.6 Å². The van der Waals surface area contributed by atoms with Crippen LogP contribution < -0.4 is 0 Å². The smallest absolute Gasteiger partial charge is 0.386 e. The quantitative estimate of drug-likeness (QED) is 0.525. The van der Waals surface area contributed by atoms with Crippen LogP contribution in [0, 0.1) is 5.41 Å². The molecule has 0 spiro atoms. The molecule has 1 aliphatic rings. The largest absolute Gasteiger partial charge is 0.491 e. The second-order valence-electron chi connectivity index (χ2n) is 5.28. The van der Waals surface area contributed by atoms with Crippen molar-refractivity contribution in [2.75, 3.05) is 0 Å². The molecule has 120 valence electrons. The number of rotatable bonds is 3. The molecule has 0 radical (unpaired) electrons. The van der Waals surface area contributed by atoms with Gasteiger partial charge in [0, 0.05) is 17.6 Å². The molecule has 0 N–H and O–H groups in total. The van der Waals surface area contributed by atoms with Crippen LogP contribution in [-0.2, 0) is 20.7 Å². The van der Waals surface area contributed by atoms with Crippen molar-refractivity contribution >= 4 is 24.6 Å². The summed E-state index contributed by atoms with van der Waals surface area (Å²) in [5.74, 6) is -3.66. The molecule has 0 bridgehead atoms. The van der Waals surface area contributed by atoms with Crippen LogP contribution in [0.2, 0.25) is 0 Å². The maximum absolute atomic E-state index is 12.3. The molecule has 1 saturated carbocycles. The van der Waals surface area contributed by atoms with Crippen LogP contribution in [0.4, 0.5) is 13.2 Å². The van der Waals surface area contributed by atoms with Gasteiger partial charge < -0.3 is 4.74 Å². The summed E-state index contributed by atoms with van der Waals surface area (Å²) in [7, 11) is 0. The van der Waals surface area contributed by atoms with Crippen molar-refractivity contribution in [3.05, 3.63) is 30.1 Å². The maximum atomic E-state index is 12.3. The molecule has 22 heavy (non-hydrogen) atoms. The summed E-state index contributed by atoms with van der Waals surface area (Å²) in [5.41, 5.74) is -0.563. The van der Waals surface area contributed by atoms with Crippen molar-refractivity contribution in [3.8, 4) is 0 Å². The predicted molar refractivity (Wildman–Crippen MR) is 74.2 cm³/mol. The number of pyridine rings is 1. The van der Waals surface area contributed by atoms with Gasteiger partial charge in [0.1, 0.15) is 0 Å². The van der Waals surface area contributed by atoms with Gasteiger partial charge in [-0.15, -0.1) is 0 Å². The van der Waals surface area contributed by atoms with Crippen molar-refractivity contribution < 1.29 is 27.5 Å². The van der Waals surface area contributed by atoms with Crippen LogP contribution in [0.5, 0.6) is 0 Å². The lowest BCUT2D eigenvalue weighted by Crippen LogP contribution is -2.42. The van der Waals surface area contributed by atoms with E-state index in [1.807, 2.05) is 0 Å². The fourth-order valence-electron chi connectivity index (χ4n) is 2.68. The number of carbonyl (C=O) groups is 2. The third-order valence-electron chi connectivity index (χ3n) is 3.80. The first-order valence-corrected chi connectivity index (χ1v) is 7.18. The van der Waals surface area contributed by atoms with Gasteiger partial charge in [-0.25, -0.2) is 4.79 Å². The minimum absolute atomic E-state index is 0.138. The molecule has 0 aliphatic heterocycles. The van der Waals surface area contributed by atoms with Gasteiger partial charge in [-0.05, 0) is 30.9 Å². The number of hydrogen-bond acceptors (Lipinski definition) is 5. The minimum Gasteiger partial charge on any atom is -0.386 e. The summed E-state index contributed by atoms with van der Waals surface area (Å²) >= 11 is 4.32. The van der Waals surface area contributed by atoms with E-state index in [4.69, 9.17) is 0 Å². The van der Waals surface area contributed by atoms with Gasteiger partial charge in [-0.3, -0.25) is 9.78 Å². The highest BCUT2D eigenvalue weighted by molar-refractivity contribution is 7.81. The first kappa shape index (κ1) is 16.8. The lowest BCUT2D eigenvalue weighted by molar-refractivity contribution is -0.205. The zero-order valence-electron chi connectivity index (χ0n) is 11.5. The third-order valence-corrected chi connectivity index (χ3v) is 4.56. The van der Waals surface area contributed by atoms with E-state index in [1.54, 1.807) is 18.3 Å². The number of ether oxygens (including phenoxy) is 1. The van der Waals surface area contributed by atoms with Crippen molar-refractivity contribution in [1.29, 1.82) is 0 Å². The van der Waals surface area contributed by atoms with E-state index in [0.717, 1.165) is 0 Å². The molecule has 0 aromatic carbocycles. The Morgan fingerprint density at radius 3 is 2.68 bits per heavy atom. The van der Waals surface area contributed by atoms with Gasteiger partial charge in [0.05, 0.1) is 5.41 Å². The average Bonchev–Trinajstić information content (AvgIpc) is 2.81. The number of aromatic nitrogens is 1. The predicted octanol–water partition coefficient (Wildman–Crippen LogP) is 2.72. The number of hydrogen-bond donors (Lipinski definition) is 1. The molecule has 1 aromatic heterocycles. The Hall–Kier alpha value is -1.57. The van der Waals surface area contributed by atoms with Crippen LogP contribution in [0.3, 0.4) is 0 Å².